The fourth-order valence-electron chi connectivity index (χ4n) is 3.81. The summed E-state index contributed by atoms with van der Waals surface area (Å²) in [5, 5.41) is 17.8. The van der Waals surface area contributed by atoms with Crippen LogP contribution >= 0.6 is 11.6 Å². The molecule has 194 valence electrons. The van der Waals surface area contributed by atoms with Crippen LogP contribution in [0.25, 0.3) is 21.5 Å². The van der Waals surface area contributed by atoms with Gasteiger partial charge in [0.15, 0.2) is 0 Å². The van der Waals surface area contributed by atoms with E-state index in [9.17, 15) is 31.0 Å². The van der Waals surface area contributed by atoms with E-state index in [1.807, 2.05) is 36.4 Å². The van der Waals surface area contributed by atoms with E-state index in [-0.39, 0.29) is 33.6 Å². The first-order valence-electron chi connectivity index (χ1n) is 10.6. The van der Waals surface area contributed by atoms with Gasteiger partial charge in [0, 0.05) is 17.1 Å². The highest BCUT2D eigenvalue weighted by Gasteiger charge is 2.20. The average Bonchev–Trinajstić information content (AvgIpc) is 2.82. The van der Waals surface area contributed by atoms with E-state index in [4.69, 9.17) is 11.6 Å². The number of hydrogen-bond acceptors (Lipinski definition) is 10. The first-order chi connectivity index (χ1) is 17.9. The van der Waals surface area contributed by atoms with Crippen molar-refractivity contribution >= 4 is 76.7 Å². The Morgan fingerprint density at radius 2 is 1.29 bits per heavy atom. The maximum atomic E-state index is 11.9. The highest BCUT2D eigenvalue weighted by molar-refractivity contribution is 7.86. The van der Waals surface area contributed by atoms with Gasteiger partial charge >= 0.3 is 0 Å². The second kappa shape index (κ2) is 9.34. The Kier molecular flexibility index (Phi) is 6.28. The summed E-state index contributed by atoms with van der Waals surface area (Å²) < 4.78 is 65.9. The minimum atomic E-state index is -4.77. The molecule has 0 atom stereocenters. The van der Waals surface area contributed by atoms with Gasteiger partial charge < -0.3 is 15.7 Å². The van der Waals surface area contributed by atoms with Crippen LogP contribution in [0.4, 0.5) is 23.3 Å². The molecular weight excluding hydrogens is 558 g/mol. The van der Waals surface area contributed by atoms with Crippen molar-refractivity contribution in [2.75, 3.05) is 10.6 Å². The lowest BCUT2D eigenvalue weighted by Gasteiger charge is -2.14. The summed E-state index contributed by atoms with van der Waals surface area (Å²) in [6.07, 6.45) is 0. The Bertz CT molecular complexity index is 1960. The third-order valence-electron chi connectivity index (χ3n) is 5.43. The average molecular weight is 574 g/mol. The number of nitrogens with zero attached hydrogens (tertiary/aromatic N) is 3. The largest absolute Gasteiger partial charge is 0.507 e. The number of aromatic nitrogens is 3. The standard InChI is InChI=1S/C23H16ClN5O7S2/c24-21-27-22(25-15-6-5-12-3-1-2-4-13(12)7-15)29-23(28-21)26-18-10-16(37(31,32)33)8-14-9-17(38(34,35)36)11-19(30)20(14)18/h1-11,30H,(H,31,32,33)(H,34,35,36)(H2,25,26,27,28,29). The molecule has 5 N–H and O–H groups in total. The third-order valence-corrected chi connectivity index (χ3v) is 7.26. The molecular formula is C23H16ClN5O7S2. The Labute approximate surface area is 220 Å². The zero-order chi connectivity index (χ0) is 27.2. The molecule has 5 aromatic rings. The highest BCUT2D eigenvalue weighted by atomic mass is 35.5. The summed E-state index contributed by atoms with van der Waals surface area (Å²) >= 11 is 6.08. The molecule has 0 spiro atoms. The summed E-state index contributed by atoms with van der Waals surface area (Å²) in [6.45, 7) is 0. The minimum Gasteiger partial charge on any atom is -0.507 e. The Morgan fingerprint density at radius 1 is 0.684 bits per heavy atom. The fourth-order valence-corrected chi connectivity index (χ4v) is 5.05. The molecule has 12 nitrogen and oxygen atoms in total. The van der Waals surface area contributed by atoms with Gasteiger partial charge in [-0.25, -0.2) is 0 Å². The normalized spacial score (nSPS) is 12.1. The number of halogens is 1. The van der Waals surface area contributed by atoms with E-state index < -0.39 is 35.8 Å². The van der Waals surface area contributed by atoms with Crippen molar-refractivity contribution in [3.05, 3.63) is 72.0 Å². The van der Waals surface area contributed by atoms with Crippen molar-refractivity contribution in [2.24, 2.45) is 0 Å². The summed E-state index contributed by atoms with van der Waals surface area (Å²) in [7, 11) is -9.51. The topological polar surface area (TPSA) is 192 Å². The molecule has 0 saturated heterocycles. The summed E-state index contributed by atoms with van der Waals surface area (Å²) in [4.78, 5) is 10.9. The van der Waals surface area contributed by atoms with Crippen LogP contribution in [0.15, 0.2) is 76.5 Å². The maximum Gasteiger partial charge on any atom is 0.294 e. The van der Waals surface area contributed by atoms with Crippen LogP contribution in [0.2, 0.25) is 5.28 Å². The Balaban J connectivity index is 1.58. The van der Waals surface area contributed by atoms with Crippen molar-refractivity contribution in [3.63, 3.8) is 0 Å². The number of fused-ring (bicyclic) bond motifs is 2. The van der Waals surface area contributed by atoms with Crippen molar-refractivity contribution in [3.8, 4) is 5.75 Å². The van der Waals surface area contributed by atoms with Crippen LogP contribution in [-0.4, -0.2) is 46.0 Å². The van der Waals surface area contributed by atoms with Crippen LogP contribution in [0.5, 0.6) is 5.75 Å². The van der Waals surface area contributed by atoms with E-state index in [0.717, 1.165) is 35.0 Å². The predicted octanol–water partition coefficient (Wildman–Crippen LogP) is 4.52. The number of nitrogens with one attached hydrogen (secondary N) is 2. The molecule has 1 heterocycles. The number of rotatable bonds is 6. The lowest BCUT2D eigenvalue weighted by atomic mass is 10.1. The Morgan fingerprint density at radius 3 is 1.95 bits per heavy atom. The van der Waals surface area contributed by atoms with Gasteiger partial charge in [-0.3, -0.25) is 9.11 Å². The van der Waals surface area contributed by atoms with E-state index >= 15 is 0 Å². The van der Waals surface area contributed by atoms with Crippen LogP contribution in [-0.2, 0) is 20.2 Å². The lowest BCUT2D eigenvalue weighted by molar-refractivity contribution is 0.471. The summed E-state index contributed by atoms with van der Waals surface area (Å²) in [5.41, 5.74) is 0.527. The van der Waals surface area contributed by atoms with Crippen LogP contribution in [0.3, 0.4) is 0 Å². The van der Waals surface area contributed by atoms with Gasteiger partial charge in [0.1, 0.15) is 5.75 Å². The molecule has 4 aromatic carbocycles. The number of aromatic hydroxyl groups is 1. The molecule has 0 aliphatic rings. The molecule has 0 bridgehead atoms. The molecule has 0 fully saturated rings. The highest BCUT2D eigenvalue weighted by Crippen LogP contribution is 2.37. The first-order valence-corrected chi connectivity index (χ1v) is 13.8. The summed E-state index contributed by atoms with van der Waals surface area (Å²) in [5.74, 6) is -0.745. The zero-order valence-electron chi connectivity index (χ0n) is 18.9. The first kappa shape index (κ1) is 25.6. The molecule has 0 saturated carbocycles. The van der Waals surface area contributed by atoms with Gasteiger partial charge in [-0.15, -0.1) is 0 Å². The van der Waals surface area contributed by atoms with E-state index in [1.165, 1.54) is 0 Å². The van der Waals surface area contributed by atoms with Crippen LogP contribution in [0.1, 0.15) is 0 Å². The Hall–Kier alpha value is -4.08. The van der Waals surface area contributed by atoms with E-state index in [2.05, 4.69) is 25.6 Å². The molecule has 0 radical (unpaired) electrons. The van der Waals surface area contributed by atoms with Gasteiger partial charge in [0.25, 0.3) is 20.2 Å². The smallest absolute Gasteiger partial charge is 0.294 e. The molecule has 38 heavy (non-hydrogen) atoms. The predicted molar refractivity (Wildman–Crippen MR) is 141 cm³/mol. The van der Waals surface area contributed by atoms with Crippen molar-refractivity contribution in [2.45, 2.75) is 9.79 Å². The second-order valence-corrected chi connectivity index (χ2v) is 11.2. The SMILES string of the molecule is O=S(=O)(O)c1cc(O)c2c(Nc3nc(Cl)nc(Nc4ccc5ccccc5c4)n3)cc(S(=O)(=O)O)cc2c1. The van der Waals surface area contributed by atoms with E-state index in [1.54, 1.807) is 6.07 Å². The number of hydrogen-bond donors (Lipinski definition) is 5. The van der Waals surface area contributed by atoms with Gasteiger partial charge in [0.05, 0.1) is 15.5 Å². The van der Waals surface area contributed by atoms with E-state index in [0.29, 0.717) is 5.69 Å². The molecule has 5 rings (SSSR count). The lowest BCUT2D eigenvalue weighted by Crippen LogP contribution is -2.06. The number of benzene rings is 4. The molecule has 1 aromatic heterocycles. The molecule has 0 aliphatic carbocycles. The minimum absolute atomic E-state index is 0.0379. The zero-order valence-corrected chi connectivity index (χ0v) is 21.3. The van der Waals surface area contributed by atoms with Crippen molar-refractivity contribution < 1.29 is 31.0 Å². The van der Waals surface area contributed by atoms with Crippen molar-refractivity contribution in [1.82, 2.24) is 15.0 Å². The molecule has 0 unspecified atom stereocenters. The summed E-state index contributed by atoms with van der Waals surface area (Å²) in [6, 6.07) is 16.9. The number of phenols is 1. The molecule has 15 heteroatoms. The van der Waals surface area contributed by atoms with Crippen LogP contribution < -0.4 is 10.6 Å². The monoisotopic (exact) mass is 573 g/mol. The molecule has 0 amide bonds. The number of anilines is 4. The number of phenolic OH excluding ortho intramolecular Hbond substituents is 1. The van der Waals surface area contributed by atoms with Crippen molar-refractivity contribution in [1.29, 1.82) is 0 Å². The van der Waals surface area contributed by atoms with Gasteiger partial charge in [-0.2, -0.15) is 31.8 Å². The van der Waals surface area contributed by atoms with Crippen LogP contribution in [0, 0.1) is 0 Å². The molecule has 0 aliphatic heterocycles. The third kappa shape index (κ3) is 5.29. The quantitative estimate of drug-likeness (QED) is 0.179. The second-order valence-electron chi connectivity index (χ2n) is 8.03. The maximum absolute atomic E-state index is 11.9. The fraction of sp³-hybridized carbons (Fsp3) is 0. The van der Waals surface area contributed by atoms with Gasteiger partial charge in [-0.1, -0.05) is 30.3 Å². The van der Waals surface area contributed by atoms with Gasteiger partial charge in [0.2, 0.25) is 17.2 Å². The van der Waals surface area contributed by atoms with Gasteiger partial charge in [-0.05, 0) is 58.1 Å².